The first-order chi connectivity index (χ1) is 6.38. The van der Waals surface area contributed by atoms with Gasteiger partial charge in [0.1, 0.15) is 0 Å². The summed E-state index contributed by atoms with van der Waals surface area (Å²) < 4.78 is 5.80. The molecule has 0 radical (unpaired) electrons. The monoisotopic (exact) mass is 185 g/mol. The van der Waals surface area contributed by atoms with Gasteiger partial charge in [-0.2, -0.15) is 0 Å². The lowest BCUT2D eigenvalue weighted by atomic mass is 10.2. The van der Waals surface area contributed by atoms with Crippen molar-refractivity contribution < 1.29 is 4.74 Å². The summed E-state index contributed by atoms with van der Waals surface area (Å²) in [4.78, 5) is 0. The molecule has 1 fully saturated rings. The lowest BCUT2D eigenvalue weighted by Gasteiger charge is -2.20. The van der Waals surface area contributed by atoms with Crippen molar-refractivity contribution in [2.45, 2.75) is 58.1 Å². The van der Waals surface area contributed by atoms with Crippen LogP contribution in [0, 0.1) is 0 Å². The van der Waals surface area contributed by atoms with Crippen molar-refractivity contribution in [2.24, 2.45) is 0 Å². The largest absolute Gasteiger partial charge is 0.377 e. The normalized spacial score (nSPS) is 28.2. The van der Waals surface area contributed by atoms with Crippen molar-refractivity contribution in [3.05, 3.63) is 0 Å². The Kier molecular flexibility index (Phi) is 5.40. The van der Waals surface area contributed by atoms with Crippen molar-refractivity contribution in [3.8, 4) is 0 Å². The summed E-state index contributed by atoms with van der Waals surface area (Å²) >= 11 is 0. The Morgan fingerprint density at radius 3 is 2.77 bits per heavy atom. The van der Waals surface area contributed by atoms with Crippen LogP contribution in [0.5, 0.6) is 0 Å². The molecule has 0 amide bonds. The molecule has 2 heteroatoms. The highest BCUT2D eigenvalue weighted by Crippen LogP contribution is 2.22. The van der Waals surface area contributed by atoms with Gasteiger partial charge in [0.2, 0.25) is 0 Å². The molecule has 0 aromatic rings. The van der Waals surface area contributed by atoms with Crippen LogP contribution in [0.4, 0.5) is 0 Å². The van der Waals surface area contributed by atoms with E-state index in [2.05, 4.69) is 19.2 Å². The molecule has 0 heterocycles. The van der Waals surface area contributed by atoms with Gasteiger partial charge in [0, 0.05) is 12.6 Å². The minimum atomic E-state index is 0.492. The van der Waals surface area contributed by atoms with Gasteiger partial charge in [0.05, 0.1) is 6.10 Å². The lowest BCUT2D eigenvalue weighted by Crippen LogP contribution is -2.37. The number of hydrogen-bond acceptors (Lipinski definition) is 2. The lowest BCUT2D eigenvalue weighted by molar-refractivity contribution is 0.0405. The summed E-state index contributed by atoms with van der Waals surface area (Å²) in [6, 6.07) is 0.631. The predicted octanol–water partition coefficient (Wildman–Crippen LogP) is 2.33. The molecule has 0 aromatic carbocycles. The molecule has 1 rings (SSSR count). The molecule has 1 aliphatic carbocycles. The zero-order chi connectivity index (χ0) is 9.52. The highest BCUT2D eigenvalue weighted by Gasteiger charge is 2.26. The Morgan fingerprint density at radius 1 is 1.23 bits per heavy atom. The first kappa shape index (κ1) is 11.0. The summed E-state index contributed by atoms with van der Waals surface area (Å²) in [7, 11) is 0. The van der Waals surface area contributed by atoms with Crippen molar-refractivity contribution in [1.29, 1.82) is 0 Å². The van der Waals surface area contributed by atoms with Crippen molar-refractivity contribution in [1.82, 2.24) is 5.32 Å². The molecular weight excluding hydrogens is 162 g/mol. The third-order valence-electron chi connectivity index (χ3n) is 2.65. The third-order valence-corrected chi connectivity index (χ3v) is 2.65. The Balaban J connectivity index is 2.18. The maximum atomic E-state index is 5.80. The van der Waals surface area contributed by atoms with E-state index in [1.54, 1.807) is 0 Å². The van der Waals surface area contributed by atoms with Crippen molar-refractivity contribution >= 4 is 0 Å². The van der Waals surface area contributed by atoms with E-state index < -0.39 is 0 Å². The molecule has 0 saturated heterocycles. The summed E-state index contributed by atoms with van der Waals surface area (Å²) in [5.74, 6) is 0. The molecule has 2 nitrogen and oxygen atoms in total. The molecule has 1 saturated carbocycles. The van der Waals surface area contributed by atoms with Crippen LogP contribution in [0.1, 0.15) is 46.0 Å². The van der Waals surface area contributed by atoms with Gasteiger partial charge in [-0.15, -0.1) is 0 Å². The number of hydrogen-bond donors (Lipinski definition) is 1. The first-order valence-corrected chi connectivity index (χ1v) is 5.73. The topological polar surface area (TPSA) is 21.3 Å². The van der Waals surface area contributed by atoms with Gasteiger partial charge in [-0.25, -0.2) is 0 Å². The smallest absolute Gasteiger partial charge is 0.0728 e. The van der Waals surface area contributed by atoms with Gasteiger partial charge >= 0.3 is 0 Å². The first-order valence-electron chi connectivity index (χ1n) is 5.73. The van der Waals surface area contributed by atoms with E-state index in [0.717, 1.165) is 19.6 Å². The minimum absolute atomic E-state index is 0.492. The van der Waals surface area contributed by atoms with Crippen LogP contribution in [-0.2, 0) is 4.74 Å². The summed E-state index contributed by atoms with van der Waals surface area (Å²) in [5.41, 5.74) is 0. The molecule has 0 bridgehead atoms. The van der Waals surface area contributed by atoms with Gasteiger partial charge in [0.15, 0.2) is 0 Å². The van der Waals surface area contributed by atoms with Crippen LogP contribution < -0.4 is 5.32 Å². The van der Waals surface area contributed by atoms with E-state index >= 15 is 0 Å². The number of nitrogens with one attached hydrogen (secondary N) is 1. The van der Waals surface area contributed by atoms with E-state index in [4.69, 9.17) is 4.74 Å². The van der Waals surface area contributed by atoms with Crippen LogP contribution in [0.3, 0.4) is 0 Å². The Hall–Kier alpha value is -0.0800. The Morgan fingerprint density at radius 2 is 2.08 bits per heavy atom. The highest BCUT2D eigenvalue weighted by atomic mass is 16.5. The fourth-order valence-corrected chi connectivity index (χ4v) is 1.96. The second-order valence-corrected chi connectivity index (χ2v) is 3.90. The summed E-state index contributed by atoms with van der Waals surface area (Å²) in [5, 5.41) is 3.57. The van der Waals surface area contributed by atoms with Gasteiger partial charge in [-0.1, -0.05) is 13.8 Å². The van der Waals surface area contributed by atoms with Crippen LogP contribution in [0.15, 0.2) is 0 Å². The maximum absolute atomic E-state index is 5.80. The second kappa shape index (κ2) is 6.39. The van der Waals surface area contributed by atoms with Gasteiger partial charge in [-0.3, -0.25) is 0 Å². The standard InChI is InChI=1S/C11H23NO/c1-3-8-12-10-6-5-7-11(10)13-9-4-2/h10-12H,3-9H2,1-2H3. The van der Waals surface area contributed by atoms with Gasteiger partial charge < -0.3 is 10.1 Å². The van der Waals surface area contributed by atoms with Crippen molar-refractivity contribution in [3.63, 3.8) is 0 Å². The average Bonchev–Trinajstić information content (AvgIpc) is 2.59. The fraction of sp³-hybridized carbons (Fsp3) is 1.00. The number of rotatable bonds is 6. The van der Waals surface area contributed by atoms with Crippen LogP contribution in [0.2, 0.25) is 0 Å². The molecule has 13 heavy (non-hydrogen) atoms. The van der Waals surface area contributed by atoms with Crippen LogP contribution in [-0.4, -0.2) is 25.3 Å². The molecule has 2 unspecified atom stereocenters. The number of ether oxygens (including phenoxy) is 1. The van der Waals surface area contributed by atoms with E-state index in [1.165, 1.54) is 25.7 Å². The SMILES string of the molecule is CCCNC1CCCC1OCCC. The average molecular weight is 185 g/mol. The van der Waals surface area contributed by atoms with E-state index in [-0.39, 0.29) is 0 Å². The van der Waals surface area contributed by atoms with Gasteiger partial charge in [0.25, 0.3) is 0 Å². The molecule has 0 spiro atoms. The predicted molar refractivity (Wildman–Crippen MR) is 56.0 cm³/mol. The van der Waals surface area contributed by atoms with Crippen LogP contribution >= 0.6 is 0 Å². The molecule has 1 N–H and O–H groups in total. The van der Waals surface area contributed by atoms with Gasteiger partial charge in [-0.05, 0) is 38.6 Å². The van der Waals surface area contributed by atoms with Crippen LogP contribution in [0.25, 0.3) is 0 Å². The van der Waals surface area contributed by atoms with E-state index in [9.17, 15) is 0 Å². The molecule has 0 aromatic heterocycles. The third kappa shape index (κ3) is 3.65. The molecule has 78 valence electrons. The quantitative estimate of drug-likeness (QED) is 0.686. The minimum Gasteiger partial charge on any atom is -0.377 e. The molecule has 0 aliphatic heterocycles. The Bertz CT molecular complexity index is 113. The highest BCUT2D eigenvalue weighted by molar-refractivity contribution is 4.83. The summed E-state index contributed by atoms with van der Waals surface area (Å²) in [6.07, 6.45) is 6.73. The zero-order valence-corrected chi connectivity index (χ0v) is 9.01. The second-order valence-electron chi connectivity index (χ2n) is 3.90. The molecule has 1 aliphatic rings. The fourth-order valence-electron chi connectivity index (χ4n) is 1.96. The zero-order valence-electron chi connectivity index (χ0n) is 9.01. The van der Waals surface area contributed by atoms with E-state index in [0.29, 0.717) is 12.1 Å². The Labute approximate surface area is 82.0 Å². The molecule has 2 atom stereocenters. The van der Waals surface area contributed by atoms with E-state index in [1.807, 2.05) is 0 Å². The molecular formula is C11H23NO. The maximum Gasteiger partial charge on any atom is 0.0728 e. The summed E-state index contributed by atoms with van der Waals surface area (Å²) in [6.45, 7) is 6.44. The van der Waals surface area contributed by atoms with Crippen molar-refractivity contribution in [2.75, 3.05) is 13.2 Å².